The van der Waals surface area contributed by atoms with Crippen LogP contribution in [-0.4, -0.2) is 32.2 Å². The number of carbonyl (C=O) groups excluding carboxylic acids is 1. The molecule has 1 aromatic carbocycles. The number of nitrogens with one attached hydrogen (secondary N) is 1. The van der Waals surface area contributed by atoms with Gasteiger partial charge in [0, 0.05) is 10.6 Å². The Hall–Kier alpha value is -2.95. The van der Waals surface area contributed by atoms with E-state index in [0.29, 0.717) is 16.5 Å². The fraction of sp³-hybridized carbons (Fsp3) is 0.250. The highest BCUT2D eigenvalue weighted by Crippen LogP contribution is 2.25. The van der Waals surface area contributed by atoms with Gasteiger partial charge in [0.15, 0.2) is 5.69 Å². The molecule has 0 radical (unpaired) electrons. The van der Waals surface area contributed by atoms with Crippen molar-refractivity contribution in [2.75, 3.05) is 5.32 Å². The second-order valence-electron chi connectivity index (χ2n) is 5.60. The Morgan fingerprint density at radius 1 is 1.19 bits per heavy atom. The van der Waals surface area contributed by atoms with Crippen molar-refractivity contribution >= 4 is 22.9 Å². The van der Waals surface area contributed by atoms with Crippen molar-refractivity contribution in [3.05, 3.63) is 46.2 Å². The number of alkyl halides is 3. The van der Waals surface area contributed by atoms with Gasteiger partial charge in [0.1, 0.15) is 5.75 Å². The molecule has 0 aliphatic heterocycles. The summed E-state index contributed by atoms with van der Waals surface area (Å²) >= 11 is 1.43. The third-order valence-corrected chi connectivity index (χ3v) is 4.70. The molecule has 7 nitrogen and oxygen atoms in total. The van der Waals surface area contributed by atoms with E-state index in [-0.39, 0.29) is 11.4 Å². The standard InChI is InChI=1S/C16H14F3N5O2S/c1-8-10(3)27-15(20-8)24-9(2)13(22-23-24)14(25)21-11-4-6-12(7-5-11)26-16(17,18)19/h4-7H,1-3H3,(H,21,25). The van der Waals surface area contributed by atoms with Crippen molar-refractivity contribution in [3.63, 3.8) is 0 Å². The van der Waals surface area contributed by atoms with Crippen molar-refractivity contribution in [2.24, 2.45) is 0 Å². The van der Waals surface area contributed by atoms with Crippen molar-refractivity contribution < 1.29 is 22.7 Å². The molecule has 0 atom stereocenters. The van der Waals surface area contributed by atoms with Gasteiger partial charge in [0.05, 0.1) is 11.4 Å². The molecule has 3 aromatic rings. The highest BCUT2D eigenvalue weighted by molar-refractivity contribution is 7.14. The van der Waals surface area contributed by atoms with Crippen LogP contribution < -0.4 is 10.1 Å². The van der Waals surface area contributed by atoms with Crippen LogP contribution in [-0.2, 0) is 0 Å². The van der Waals surface area contributed by atoms with E-state index in [0.717, 1.165) is 22.7 Å². The molecule has 0 saturated carbocycles. The van der Waals surface area contributed by atoms with E-state index >= 15 is 0 Å². The van der Waals surface area contributed by atoms with Gasteiger partial charge in [-0.25, -0.2) is 4.98 Å². The van der Waals surface area contributed by atoms with Crippen molar-refractivity contribution in [1.82, 2.24) is 20.0 Å². The second-order valence-corrected chi connectivity index (χ2v) is 6.78. The largest absolute Gasteiger partial charge is 0.573 e. The topological polar surface area (TPSA) is 81.9 Å². The molecule has 1 amide bonds. The zero-order chi connectivity index (χ0) is 19.8. The Labute approximate surface area is 155 Å². The lowest BCUT2D eigenvalue weighted by Crippen LogP contribution is -2.17. The monoisotopic (exact) mass is 397 g/mol. The smallest absolute Gasteiger partial charge is 0.406 e. The van der Waals surface area contributed by atoms with Gasteiger partial charge in [0.25, 0.3) is 5.91 Å². The molecule has 2 heterocycles. The number of carbonyl (C=O) groups is 1. The lowest BCUT2D eigenvalue weighted by molar-refractivity contribution is -0.274. The van der Waals surface area contributed by atoms with E-state index in [1.54, 1.807) is 6.92 Å². The number of hydrogen-bond acceptors (Lipinski definition) is 6. The molecule has 0 bridgehead atoms. The minimum Gasteiger partial charge on any atom is -0.406 e. The summed E-state index contributed by atoms with van der Waals surface area (Å²) in [5.41, 5.74) is 1.76. The predicted molar refractivity (Wildman–Crippen MR) is 92.3 cm³/mol. The summed E-state index contributed by atoms with van der Waals surface area (Å²) < 4.78 is 41.8. The number of halogens is 3. The first-order valence-corrected chi connectivity index (χ1v) is 8.49. The van der Waals surface area contributed by atoms with Gasteiger partial charge in [-0.15, -0.1) is 18.3 Å². The van der Waals surface area contributed by atoms with Gasteiger partial charge in [-0.1, -0.05) is 16.6 Å². The average molecular weight is 397 g/mol. The van der Waals surface area contributed by atoms with Gasteiger partial charge in [-0.05, 0) is 45.0 Å². The third kappa shape index (κ3) is 4.25. The normalized spacial score (nSPS) is 11.5. The molecule has 3 rings (SSSR count). The molecule has 0 aliphatic carbocycles. The lowest BCUT2D eigenvalue weighted by atomic mass is 10.2. The molecular weight excluding hydrogens is 383 g/mol. The number of anilines is 1. The fourth-order valence-corrected chi connectivity index (χ4v) is 3.11. The lowest BCUT2D eigenvalue weighted by Gasteiger charge is -2.09. The Bertz CT molecular complexity index is 960. The van der Waals surface area contributed by atoms with Crippen LogP contribution in [0.15, 0.2) is 24.3 Å². The summed E-state index contributed by atoms with van der Waals surface area (Å²) in [7, 11) is 0. The maximum absolute atomic E-state index is 12.4. The van der Waals surface area contributed by atoms with Gasteiger partial charge in [0.2, 0.25) is 5.13 Å². The fourth-order valence-electron chi connectivity index (χ4n) is 2.20. The first-order valence-electron chi connectivity index (χ1n) is 7.68. The second kappa shape index (κ2) is 6.99. The number of nitrogens with zero attached hydrogens (tertiary/aromatic N) is 4. The molecule has 0 saturated heterocycles. The first-order chi connectivity index (χ1) is 12.6. The molecule has 0 unspecified atom stereocenters. The first kappa shape index (κ1) is 18.8. The van der Waals surface area contributed by atoms with E-state index in [1.807, 2.05) is 13.8 Å². The van der Waals surface area contributed by atoms with Gasteiger partial charge in [-0.3, -0.25) is 4.79 Å². The van der Waals surface area contributed by atoms with Gasteiger partial charge < -0.3 is 10.1 Å². The van der Waals surface area contributed by atoms with Crippen LogP contribution in [0.3, 0.4) is 0 Å². The van der Waals surface area contributed by atoms with Crippen LogP contribution in [0, 0.1) is 20.8 Å². The van der Waals surface area contributed by atoms with Crippen molar-refractivity contribution in [2.45, 2.75) is 27.1 Å². The van der Waals surface area contributed by atoms with Crippen LogP contribution in [0.4, 0.5) is 18.9 Å². The highest BCUT2D eigenvalue weighted by atomic mass is 32.1. The zero-order valence-electron chi connectivity index (χ0n) is 14.5. The summed E-state index contributed by atoms with van der Waals surface area (Å²) in [5, 5.41) is 11.0. The molecule has 11 heteroatoms. The Morgan fingerprint density at radius 2 is 1.85 bits per heavy atom. The highest BCUT2D eigenvalue weighted by Gasteiger charge is 2.31. The summed E-state index contributed by atoms with van der Waals surface area (Å²) in [6, 6.07) is 4.81. The maximum atomic E-state index is 12.4. The number of benzene rings is 1. The van der Waals surface area contributed by atoms with Crippen LogP contribution in [0.1, 0.15) is 26.8 Å². The van der Waals surface area contributed by atoms with E-state index in [4.69, 9.17) is 0 Å². The average Bonchev–Trinajstić information content (AvgIpc) is 3.11. The number of amides is 1. The summed E-state index contributed by atoms with van der Waals surface area (Å²) in [6.07, 6.45) is -4.77. The zero-order valence-corrected chi connectivity index (χ0v) is 15.3. The number of aryl methyl sites for hydroxylation is 2. The van der Waals surface area contributed by atoms with E-state index in [2.05, 4.69) is 25.3 Å². The Balaban J connectivity index is 1.75. The minimum atomic E-state index is -4.77. The van der Waals surface area contributed by atoms with Crippen molar-refractivity contribution in [1.29, 1.82) is 0 Å². The number of thiazole rings is 1. The molecule has 142 valence electrons. The Kier molecular flexibility index (Phi) is 4.87. The Morgan fingerprint density at radius 3 is 2.41 bits per heavy atom. The number of ether oxygens (including phenoxy) is 1. The van der Waals surface area contributed by atoms with Crippen LogP contribution >= 0.6 is 11.3 Å². The molecular formula is C16H14F3N5O2S. The number of aromatic nitrogens is 4. The minimum absolute atomic E-state index is 0.0936. The van der Waals surface area contributed by atoms with E-state index in [1.165, 1.54) is 28.2 Å². The number of rotatable bonds is 4. The molecule has 0 fully saturated rings. The van der Waals surface area contributed by atoms with Gasteiger partial charge in [-0.2, -0.15) is 4.68 Å². The third-order valence-electron chi connectivity index (χ3n) is 3.65. The van der Waals surface area contributed by atoms with Gasteiger partial charge >= 0.3 is 6.36 Å². The van der Waals surface area contributed by atoms with Crippen LogP contribution in [0.25, 0.3) is 5.13 Å². The van der Waals surface area contributed by atoms with Crippen molar-refractivity contribution in [3.8, 4) is 10.9 Å². The predicted octanol–water partition coefficient (Wildman–Crippen LogP) is 3.80. The van der Waals surface area contributed by atoms with E-state index < -0.39 is 12.3 Å². The maximum Gasteiger partial charge on any atom is 0.573 e. The summed E-state index contributed by atoms with van der Waals surface area (Å²) in [5.74, 6) is -0.912. The molecule has 27 heavy (non-hydrogen) atoms. The SMILES string of the molecule is Cc1nc(-n2nnc(C(=O)Nc3ccc(OC(F)(F)F)cc3)c2C)sc1C. The summed E-state index contributed by atoms with van der Waals surface area (Å²) in [6.45, 7) is 5.49. The van der Waals surface area contributed by atoms with Crippen LogP contribution in [0.5, 0.6) is 5.75 Å². The summed E-state index contributed by atoms with van der Waals surface area (Å²) in [4.78, 5) is 17.8. The molecule has 2 aromatic heterocycles. The van der Waals surface area contributed by atoms with E-state index in [9.17, 15) is 18.0 Å². The quantitative estimate of drug-likeness (QED) is 0.724. The van der Waals surface area contributed by atoms with Crippen LogP contribution in [0.2, 0.25) is 0 Å². The molecule has 0 spiro atoms. The number of hydrogen-bond donors (Lipinski definition) is 1. The molecule has 1 N–H and O–H groups in total. The molecule has 0 aliphatic rings.